The van der Waals surface area contributed by atoms with Gasteiger partial charge in [0.05, 0.1) is 5.56 Å². The van der Waals surface area contributed by atoms with Gasteiger partial charge in [0, 0.05) is 5.56 Å². The van der Waals surface area contributed by atoms with Crippen molar-refractivity contribution in [1.29, 1.82) is 0 Å². The minimum atomic E-state index is -4.89. The third kappa shape index (κ3) is 6.39. The molecule has 0 fully saturated rings. The Bertz CT molecular complexity index is 1100. The number of rotatable bonds is 6. The van der Waals surface area contributed by atoms with Gasteiger partial charge in [-0.15, -0.1) is 26.3 Å². The fourth-order valence-electron chi connectivity index (χ4n) is 2.57. The third-order valence-electron chi connectivity index (χ3n) is 3.76. The Kier molecular flexibility index (Phi) is 6.09. The normalized spacial score (nSPS) is 12.2. The molecule has 3 rings (SSSR count). The minimum absolute atomic E-state index is 0.0443. The maximum absolute atomic E-state index is 12.6. The lowest BCUT2D eigenvalue weighted by Gasteiger charge is -2.11. The van der Waals surface area contributed by atoms with Crippen LogP contribution >= 0.6 is 0 Å². The van der Waals surface area contributed by atoms with Crippen LogP contribution in [0, 0.1) is 0 Å². The molecule has 0 saturated heterocycles. The number of hydrogen-bond acceptors (Lipinski definition) is 4. The van der Waals surface area contributed by atoms with Crippen molar-refractivity contribution in [3.05, 3.63) is 78.1 Å². The van der Waals surface area contributed by atoms with E-state index in [1.807, 2.05) is 0 Å². The number of furan rings is 1. The van der Waals surface area contributed by atoms with Crippen LogP contribution in [0.15, 0.2) is 71.2 Å². The maximum atomic E-state index is 12.6. The van der Waals surface area contributed by atoms with Gasteiger partial charge in [0.15, 0.2) is 5.78 Å². The van der Waals surface area contributed by atoms with Crippen LogP contribution in [0.2, 0.25) is 0 Å². The van der Waals surface area contributed by atoms with Gasteiger partial charge in [-0.25, -0.2) is 0 Å². The number of alkyl halides is 6. The van der Waals surface area contributed by atoms with Crippen molar-refractivity contribution < 1.29 is 45.0 Å². The van der Waals surface area contributed by atoms with Gasteiger partial charge in [-0.2, -0.15) is 0 Å². The van der Waals surface area contributed by atoms with Crippen LogP contribution < -0.4 is 9.47 Å². The smallest absolute Gasteiger partial charge is 0.457 e. The molecule has 10 heteroatoms. The summed E-state index contributed by atoms with van der Waals surface area (Å²) in [6.45, 7) is 0. The first-order chi connectivity index (χ1) is 14.5. The lowest BCUT2D eigenvalue weighted by Crippen LogP contribution is -2.17. The summed E-state index contributed by atoms with van der Waals surface area (Å²) in [5.41, 5.74) is -0.0171. The van der Waals surface area contributed by atoms with Gasteiger partial charge in [0.2, 0.25) is 0 Å². The molecule has 0 radical (unpaired) electrons. The highest BCUT2D eigenvalue weighted by atomic mass is 19.4. The van der Waals surface area contributed by atoms with E-state index in [1.165, 1.54) is 48.5 Å². The number of hydrogen-bond donors (Lipinski definition) is 0. The average Bonchev–Trinajstić information content (AvgIpc) is 3.13. The van der Waals surface area contributed by atoms with E-state index in [9.17, 15) is 31.1 Å². The maximum Gasteiger partial charge on any atom is 0.573 e. The van der Waals surface area contributed by atoms with Crippen molar-refractivity contribution >= 4 is 11.9 Å². The molecule has 2 aromatic carbocycles. The molecule has 1 aromatic heterocycles. The quantitative estimate of drug-likeness (QED) is 0.244. The Morgan fingerprint density at radius 1 is 0.839 bits per heavy atom. The van der Waals surface area contributed by atoms with Crippen LogP contribution in [0.5, 0.6) is 11.5 Å². The minimum Gasteiger partial charge on any atom is -0.457 e. The van der Waals surface area contributed by atoms with Crippen molar-refractivity contribution in [1.82, 2.24) is 0 Å². The van der Waals surface area contributed by atoms with E-state index in [4.69, 9.17) is 4.42 Å². The van der Waals surface area contributed by atoms with Crippen LogP contribution in [0.25, 0.3) is 17.4 Å². The van der Waals surface area contributed by atoms with Crippen LogP contribution in [-0.4, -0.2) is 18.5 Å². The molecule has 0 aliphatic rings. The highest BCUT2D eigenvalue weighted by Crippen LogP contribution is 2.34. The third-order valence-corrected chi connectivity index (χ3v) is 3.76. The molecule has 0 unspecified atom stereocenters. The second-order valence-corrected chi connectivity index (χ2v) is 6.02. The number of ether oxygens (including phenoxy) is 2. The summed E-state index contributed by atoms with van der Waals surface area (Å²) in [5.74, 6) is -1.45. The topological polar surface area (TPSA) is 48.7 Å². The Labute approximate surface area is 171 Å². The molecule has 0 aliphatic heterocycles. The number of allylic oxidation sites excluding steroid dienone is 1. The SMILES string of the molecule is O=C(/C=C\c1ccc(-c2ccccc2OC(F)(F)F)o1)c1cccc(OC(F)(F)F)c1. The first-order valence-corrected chi connectivity index (χ1v) is 8.53. The molecule has 162 valence electrons. The number of halogens is 6. The monoisotopic (exact) mass is 442 g/mol. The summed E-state index contributed by atoms with van der Waals surface area (Å²) in [6.07, 6.45) is -7.50. The standard InChI is InChI=1S/C21H12F6O4/c22-20(23,24)30-15-5-3-4-13(12-15)17(28)10-8-14-9-11-18(29-14)16-6-1-2-7-19(16)31-21(25,26)27/h1-12H/b10-8-. The van der Waals surface area contributed by atoms with Crippen molar-refractivity contribution in [3.8, 4) is 22.8 Å². The Morgan fingerprint density at radius 3 is 2.26 bits per heavy atom. The summed E-state index contributed by atoms with van der Waals surface area (Å²) in [7, 11) is 0. The predicted octanol–water partition coefficient (Wildman–Crippen LogP) is 6.64. The second kappa shape index (κ2) is 8.58. The highest BCUT2D eigenvalue weighted by molar-refractivity contribution is 6.06. The molecule has 4 nitrogen and oxygen atoms in total. The zero-order chi connectivity index (χ0) is 22.6. The molecule has 1 heterocycles. The average molecular weight is 442 g/mol. The van der Waals surface area contributed by atoms with E-state index >= 15 is 0 Å². The summed E-state index contributed by atoms with van der Waals surface area (Å²) in [5, 5.41) is 0. The van der Waals surface area contributed by atoms with Crippen LogP contribution in [0.3, 0.4) is 0 Å². The van der Waals surface area contributed by atoms with Gasteiger partial charge in [0.1, 0.15) is 23.0 Å². The Morgan fingerprint density at radius 2 is 1.55 bits per heavy atom. The summed E-state index contributed by atoms with van der Waals surface area (Å²) < 4.78 is 87.8. The van der Waals surface area contributed by atoms with Crippen molar-refractivity contribution in [3.63, 3.8) is 0 Å². The summed E-state index contributed by atoms with van der Waals surface area (Å²) in [4.78, 5) is 12.2. The fourth-order valence-corrected chi connectivity index (χ4v) is 2.57. The number of carbonyl (C=O) groups is 1. The molecule has 3 aromatic rings. The lowest BCUT2D eigenvalue weighted by atomic mass is 10.1. The second-order valence-electron chi connectivity index (χ2n) is 6.02. The predicted molar refractivity (Wildman–Crippen MR) is 97.3 cm³/mol. The first-order valence-electron chi connectivity index (χ1n) is 8.53. The van der Waals surface area contributed by atoms with E-state index in [-0.39, 0.29) is 22.6 Å². The Hall–Kier alpha value is -3.69. The molecule has 0 saturated carbocycles. The van der Waals surface area contributed by atoms with Crippen molar-refractivity contribution in [2.24, 2.45) is 0 Å². The summed E-state index contributed by atoms with van der Waals surface area (Å²) in [6, 6.07) is 12.7. The number of ketones is 1. The van der Waals surface area contributed by atoms with Crippen LogP contribution in [0.4, 0.5) is 26.3 Å². The zero-order valence-electron chi connectivity index (χ0n) is 15.3. The van der Waals surface area contributed by atoms with E-state index in [2.05, 4.69) is 9.47 Å². The number of carbonyl (C=O) groups excluding carboxylic acids is 1. The molecule has 0 aliphatic carbocycles. The van der Waals surface area contributed by atoms with Gasteiger partial charge >= 0.3 is 12.7 Å². The lowest BCUT2D eigenvalue weighted by molar-refractivity contribution is -0.275. The van der Waals surface area contributed by atoms with Gasteiger partial charge in [-0.3, -0.25) is 4.79 Å². The van der Waals surface area contributed by atoms with Crippen LogP contribution in [-0.2, 0) is 0 Å². The molecular weight excluding hydrogens is 430 g/mol. The largest absolute Gasteiger partial charge is 0.573 e. The first kappa shape index (κ1) is 22.0. The number of benzene rings is 2. The van der Waals surface area contributed by atoms with E-state index in [1.54, 1.807) is 0 Å². The molecule has 31 heavy (non-hydrogen) atoms. The number of para-hydroxylation sites is 1. The fraction of sp³-hybridized carbons (Fsp3) is 0.0952. The summed E-state index contributed by atoms with van der Waals surface area (Å²) >= 11 is 0. The van der Waals surface area contributed by atoms with Crippen LogP contribution in [0.1, 0.15) is 16.1 Å². The molecule has 0 atom stereocenters. The highest BCUT2D eigenvalue weighted by Gasteiger charge is 2.32. The van der Waals surface area contributed by atoms with Crippen molar-refractivity contribution in [2.45, 2.75) is 12.7 Å². The van der Waals surface area contributed by atoms with Gasteiger partial charge in [0.25, 0.3) is 0 Å². The van der Waals surface area contributed by atoms with Gasteiger partial charge in [-0.05, 0) is 48.6 Å². The Balaban J connectivity index is 1.76. The van der Waals surface area contributed by atoms with E-state index in [0.717, 1.165) is 24.3 Å². The molecule has 0 amide bonds. The van der Waals surface area contributed by atoms with E-state index < -0.39 is 30.0 Å². The van der Waals surface area contributed by atoms with Crippen molar-refractivity contribution in [2.75, 3.05) is 0 Å². The molecule has 0 bridgehead atoms. The van der Waals surface area contributed by atoms with Gasteiger partial charge < -0.3 is 13.9 Å². The zero-order valence-corrected chi connectivity index (χ0v) is 15.3. The molecule has 0 spiro atoms. The molecular formula is C21H12F6O4. The van der Waals surface area contributed by atoms with E-state index in [0.29, 0.717) is 0 Å². The molecule has 0 N–H and O–H groups in total. The van der Waals surface area contributed by atoms with Gasteiger partial charge in [-0.1, -0.05) is 24.3 Å².